The fraction of sp³-hybridized carbons (Fsp3) is 0.500. The van der Waals surface area contributed by atoms with Crippen molar-refractivity contribution in [2.45, 2.75) is 19.5 Å². The molecule has 9 heteroatoms. The van der Waals surface area contributed by atoms with Gasteiger partial charge in [-0.25, -0.2) is 4.98 Å². The van der Waals surface area contributed by atoms with Crippen LogP contribution in [0.1, 0.15) is 13.3 Å². The molecule has 2 aromatic heterocycles. The van der Waals surface area contributed by atoms with Crippen LogP contribution in [0.15, 0.2) is 6.33 Å². The van der Waals surface area contributed by atoms with Crippen LogP contribution in [-0.2, 0) is 0 Å². The van der Waals surface area contributed by atoms with Gasteiger partial charge in [-0.3, -0.25) is 0 Å². The van der Waals surface area contributed by atoms with Crippen molar-refractivity contribution in [3.05, 3.63) is 6.33 Å². The van der Waals surface area contributed by atoms with Crippen molar-refractivity contribution in [3.8, 4) is 5.88 Å². The van der Waals surface area contributed by atoms with Gasteiger partial charge in [0.05, 0.1) is 6.33 Å². The third-order valence-corrected chi connectivity index (χ3v) is 2.16. The van der Waals surface area contributed by atoms with Gasteiger partial charge in [0.1, 0.15) is 5.52 Å². The number of ether oxygens (including phenoxy) is 1. The molecule has 0 unspecified atom stereocenters. The molecule has 0 fully saturated rings. The van der Waals surface area contributed by atoms with Crippen LogP contribution in [0.3, 0.4) is 0 Å². The molecule has 0 aliphatic carbocycles. The van der Waals surface area contributed by atoms with Gasteiger partial charge >= 0.3 is 6.18 Å². The van der Waals surface area contributed by atoms with E-state index in [2.05, 4.69) is 30.0 Å². The lowest BCUT2D eigenvalue weighted by molar-refractivity contribution is -0.153. The Labute approximate surface area is 106 Å². The number of hydrogen-bond acceptors (Lipinski definition) is 5. The predicted molar refractivity (Wildman–Crippen MR) is 62.0 cm³/mol. The maximum Gasteiger partial charge on any atom is 0.422 e. The second-order valence-corrected chi connectivity index (χ2v) is 3.78. The molecule has 0 saturated heterocycles. The molecule has 0 aliphatic heterocycles. The normalized spacial score (nSPS) is 11.8. The summed E-state index contributed by atoms with van der Waals surface area (Å²) in [6.07, 6.45) is -2.27. The lowest BCUT2D eigenvalue weighted by Crippen LogP contribution is -2.20. The van der Waals surface area contributed by atoms with E-state index in [1.54, 1.807) is 0 Å². The second-order valence-electron chi connectivity index (χ2n) is 3.78. The number of H-pyrrole nitrogens is 1. The van der Waals surface area contributed by atoms with Gasteiger partial charge in [0.25, 0.3) is 0 Å². The minimum Gasteiger partial charge on any atom is -0.466 e. The van der Waals surface area contributed by atoms with E-state index in [0.717, 1.165) is 6.42 Å². The Morgan fingerprint density at radius 1 is 1.37 bits per heavy atom. The summed E-state index contributed by atoms with van der Waals surface area (Å²) in [5.41, 5.74) is 0.497. The standard InChI is InChI=1S/C10H12F3N5O/c1-2-3-14-9-17-7-6(15-5-16-7)8(18-9)19-4-10(11,12)13/h5H,2-4H2,1H3,(H2,14,15,16,17,18). The molecule has 0 bridgehead atoms. The molecule has 19 heavy (non-hydrogen) atoms. The first kappa shape index (κ1) is 13.4. The van der Waals surface area contributed by atoms with Gasteiger partial charge < -0.3 is 15.0 Å². The average Bonchev–Trinajstić information content (AvgIpc) is 2.80. The van der Waals surface area contributed by atoms with Gasteiger partial charge in [0.15, 0.2) is 12.3 Å². The number of hydrogen-bond donors (Lipinski definition) is 2. The summed E-state index contributed by atoms with van der Waals surface area (Å²) in [6, 6.07) is 0. The maximum atomic E-state index is 12.2. The first-order valence-electron chi connectivity index (χ1n) is 5.64. The number of imidazole rings is 1. The van der Waals surface area contributed by atoms with Gasteiger partial charge in [0.2, 0.25) is 11.8 Å². The SMILES string of the molecule is CCCNc1nc(OCC(F)(F)F)c2[nH]cnc2n1. The van der Waals surface area contributed by atoms with Crippen LogP contribution in [0.2, 0.25) is 0 Å². The molecule has 0 atom stereocenters. The maximum absolute atomic E-state index is 12.2. The van der Waals surface area contributed by atoms with Crippen molar-refractivity contribution in [1.82, 2.24) is 19.9 Å². The molecule has 0 saturated carbocycles. The summed E-state index contributed by atoms with van der Waals surface area (Å²) in [6.45, 7) is 1.14. The number of anilines is 1. The average molecular weight is 275 g/mol. The fourth-order valence-corrected chi connectivity index (χ4v) is 1.38. The van der Waals surface area contributed by atoms with Gasteiger partial charge in [-0.15, -0.1) is 0 Å². The third kappa shape index (κ3) is 3.46. The monoisotopic (exact) mass is 275 g/mol. The van der Waals surface area contributed by atoms with E-state index in [1.807, 2.05) is 6.92 Å². The first-order chi connectivity index (χ1) is 8.99. The molecule has 0 radical (unpaired) electrons. The van der Waals surface area contributed by atoms with Crippen LogP contribution in [0.25, 0.3) is 11.2 Å². The van der Waals surface area contributed by atoms with E-state index < -0.39 is 12.8 Å². The fourth-order valence-electron chi connectivity index (χ4n) is 1.38. The van der Waals surface area contributed by atoms with Crippen molar-refractivity contribution in [2.24, 2.45) is 0 Å². The van der Waals surface area contributed by atoms with E-state index in [9.17, 15) is 13.2 Å². The molecule has 2 rings (SSSR count). The zero-order valence-corrected chi connectivity index (χ0v) is 10.1. The Bertz CT molecular complexity index is 554. The summed E-state index contributed by atoms with van der Waals surface area (Å²) in [4.78, 5) is 14.5. The third-order valence-electron chi connectivity index (χ3n) is 2.16. The number of nitrogens with one attached hydrogen (secondary N) is 2. The van der Waals surface area contributed by atoms with Crippen LogP contribution in [-0.4, -0.2) is 39.3 Å². The van der Waals surface area contributed by atoms with Gasteiger partial charge in [-0.1, -0.05) is 6.92 Å². The summed E-state index contributed by atoms with van der Waals surface area (Å²) in [5, 5.41) is 2.88. The highest BCUT2D eigenvalue weighted by Crippen LogP contribution is 2.23. The predicted octanol–water partition coefficient (Wildman–Crippen LogP) is 2.12. The minimum atomic E-state index is -4.42. The summed E-state index contributed by atoms with van der Waals surface area (Å²) in [5.74, 6) is 0.0250. The molecule has 0 spiro atoms. The summed E-state index contributed by atoms with van der Waals surface area (Å²) >= 11 is 0. The second kappa shape index (κ2) is 5.29. The molecule has 0 aliphatic rings. The van der Waals surface area contributed by atoms with E-state index in [-0.39, 0.29) is 23.0 Å². The number of halogens is 3. The zero-order chi connectivity index (χ0) is 13.9. The number of rotatable bonds is 5. The summed E-state index contributed by atoms with van der Waals surface area (Å²) in [7, 11) is 0. The van der Waals surface area contributed by atoms with Gasteiger partial charge in [-0.05, 0) is 6.42 Å². The number of nitrogens with zero attached hydrogens (tertiary/aromatic N) is 3. The molecular weight excluding hydrogens is 263 g/mol. The smallest absolute Gasteiger partial charge is 0.422 e. The van der Waals surface area contributed by atoms with Crippen molar-refractivity contribution < 1.29 is 17.9 Å². The Hall–Kier alpha value is -2.06. The molecule has 2 aromatic rings. The highest BCUT2D eigenvalue weighted by Gasteiger charge is 2.29. The van der Waals surface area contributed by atoms with Crippen molar-refractivity contribution in [2.75, 3.05) is 18.5 Å². The molecule has 0 aromatic carbocycles. The van der Waals surface area contributed by atoms with E-state index in [4.69, 9.17) is 0 Å². The molecule has 6 nitrogen and oxygen atoms in total. The van der Waals surface area contributed by atoms with E-state index in [0.29, 0.717) is 6.54 Å². The van der Waals surface area contributed by atoms with Crippen molar-refractivity contribution in [3.63, 3.8) is 0 Å². The van der Waals surface area contributed by atoms with Crippen LogP contribution in [0.5, 0.6) is 5.88 Å². The molecule has 2 heterocycles. The Balaban J connectivity index is 2.26. The lowest BCUT2D eigenvalue weighted by atomic mass is 10.5. The largest absolute Gasteiger partial charge is 0.466 e. The number of aromatic amines is 1. The summed E-state index contributed by atoms with van der Waals surface area (Å²) < 4.78 is 41.2. The highest BCUT2D eigenvalue weighted by atomic mass is 19.4. The molecular formula is C10H12F3N5O. The topological polar surface area (TPSA) is 75.7 Å². The molecule has 0 amide bonds. The first-order valence-corrected chi connectivity index (χ1v) is 5.64. The molecule has 104 valence electrons. The molecule has 2 N–H and O–H groups in total. The van der Waals surface area contributed by atoms with Crippen LogP contribution >= 0.6 is 0 Å². The lowest BCUT2D eigenvalue weighted by Gasteiger charge is -2.10. The number of aromatic nitrogens is 4. The quantitative estimate of drug-likeness (QED) is 0.874. The number of alkyl halides is 3. The Morgan fingerprint density at radius 2 is 2.16 bits per heavy atom. The van der Waals surface area contributed by atoms with Gasteiger partial charge in [0, 0.05) is 6.54 Å². The van der Waals surface area contributed by atoms with Gasteiger partial charge in [-0.2, -0.15) is 23.1 Å². The van der Waals surface area contributed by atoms with E-state index >= 15 is 0 Å². The van der Waals surface area contributed by atoms with E-state index in [1.165, 1.54) is 6.33 Å². The Kier molecular flexibility index (Phi) is 3.72. The van der Waals surface area contributed by atoms with Crippen LogP contribution in [0, 0.1) is 0 Å². The van der Waals surface area contributed by atoms with Crippen LogP contribution < -0.4 is 10.1 Å². The minimum absolute atomic E-state index is 0.168. The highest BCUT2D eigenvalue weighted by molar-refractivity contribution is 5.76. The van der Waals surface area contributed by atoms with Crippen molar-refractivity contribution in [1.29, 1.82) is 0 Å². The number of fused-ring (bicyclic) bond motifs is 1. The zero-order valence-electron chi connectivity index (χ0n) is 10.1. The Morgan fingerprint density at radius 3 is 2.84 bits per heavy atom. The van der Waals surface area contributed by atoms with Crippen molar-refractivity contribution >= 4 is 17.1 Å². The van der Waals surface area contributed by atoms with Crippen LogP contribution in [0.4, 0.5) is 19.1 Å².